The van der Waals surface area contributed by atoms with E-state index < -0.39 is 15.6 Å². The molecule has 12 rings (SSSR count). The summed E-state index contributed by atoms with van der Waals surface area (Å²) >= 11 is 24.0. The van der Waals surface area contributed by atoms with Gasteiger partial charge in [0.25, 0.3) is 0 Å². The Morgan fingerprint density at radius 3 is 1.07 bits per heavy atom. The molecule has 0 bridgehead atoms. The third-order valence-corrected chi connectivity index (χ3v) is 26.2. The molecule has 1 amide bonds. The van der Waals surface area contributed by atoms with Crippen LogP contribution >= 0.6 is 70.1 Å². The molecule has 1 N–H and O–H groups in total. The highest BCUT2D eigenvalue weighted by molar-refractivity contribution is 7.99. The molecule has 3 fully saturated rings. The number of amides is 1. The largest absolute Gasteiger partial charge is 0.444 e. The van der Waals surface area contributed by atoms with Crippen LogP contribution in [0.25, 0.3) is 17.1 Å². The fraction of sp³-hybridized carbons (Fsp3) is 0.432. The van der Waals surface area contributed by atoms with E-state index in [1.165, 1.54) is 61.1 Å². The summed E-state index contributed by atoms with van der Waals surface area (Å²) < 4.78 is 78.4. The summed E-state index contributed by atoms with van der Waals surface area (Å²) in [4.78, 5) is 28.7. The monoisotopic (exact) mass is 1550 g/mol. The Hall–Kier alpha value is -6.20. The van der Waals surface area contributed by atoms with Crippen molar-refractivity contribution in [2.75, 3.05) is 62.8 Å². The Balaban J connectivity index is 0.000000168. The van der Waals surface area contributed by atoms with E-state index in [9.17, 15) is 26.4 Å². The van der Waals surface area contributed by atoms with Crippen LogP contribution in [-0.2, 0) is 31.0 Å². The van der Waals surface area contributed by atoms with Gasteiger partial charge in [0.1, 0.15) is 23.1 Å². The zero-order valence-corrected chi connectivity index (χ0v) is 67.3. The predicted molar refractivity (Wildman–Crippen MR) is 423 cm³/mol. The molecule has 3 saturated heterocycles. The quantitative estimate of drug-likeness (QED) is 0.0776. The van der Waals surface area contributed by atoms with E-state index in [1.54, 1.807) is 68.8 Å². The minimum Gasteiger partial charge on any atom is -0.444 e. The molecule has 104 heavy (non-hydrogen) atoms. The van der Waals surface area contributed by atoms with Crippen LogP contribution in [0.3, 0.4) is 0 Å². The van der Waals surface area contributed by atoms with Crippen molar-refractivity contribution in [2.45, 2.75) is 159 Å². The van der Waals surface area contributed by atoms with Crippen LogP contribution in [0.1, 0.15) is 151 Å². The van der Waals surface area contributed by atoms with Crippen LogP contribution in [0.2, 0.25) is 15.1 Å². The highest BCUT2D eigenvalue weighted by Gasteiger charge is 2.35. The van der Waals surface area contributed by atoms with Crippen molar-refractivity contribution in [1.82, 2.24) is 43.2 Å². The van der Waals surface area contributed by atoms with Crippen molar-refractivity contribution in [3.8, 4) is 17.1 Å². The number of imidazole rings is 3. The first-order valence-corrected chi connectivity index (χ1v) is 41.5. The lowest BCUT2D eigenvalue weighted by molar-refractivity contribution is 0.0191. The number of halogens is 6. The number of hydrogen-bond acceptors (Lipinski definition) is 11. The van der Waals surface area contributed by atoms with Crippen LogP contribution in [0.15, 0.2) is 161 Å². The summed E-state index contributed by atoms with van der Waals surface area (Å²) in [7, 11) is -3.14. The normalized spacial score (nSPS) is 15.5. The molecule has 23 heteroatoms. The number of benzene rings is 6. The Morgan fingerprint density at radius 1 is 0.481 bits per heavy atom. The van der Waals surface area contributed by atoms with Crippen molar-refractivity contribution >= 4 is 86.2 Å². The van der Waals surface area contributed by atoms with Crippen molar-refractivity contribution in [3.05, 3.63) is 229 Å². The number of thioether (sulfide) groups is 3. The summed E-state index contributed by atoms with van der Waals surface area (Å²) in [5.41, 5.74) is 10.7. The molecule has 0 unspecified atom stereocenters. The average molecular weight is 1550 g/mol. The van der Waals surface area contributed by atoms with Gasteiger partial charge in [0.05, 0.1) is 41.9 Å². The van der Waals surface area contributed by atoms with Gasteiger partial charge in [-0.05, 0) is 235 Å². The number of rotatable bonds is 19. The van der Waals surface area contributed by atoms with Crippen molar-refractivity contribution < 1.29 is 31.1 Å². The topological polar surface area (TPSA) is 132 Å². The van der Waals surface area contributed by atoms with E-state index in [0.29, 0.717) is 43.9 Å². The minimum absolute atomic E-state index is 0.234. The fourth-order valence-corrected chi connectivity index (χ4v) is 18.1. The van der Waals surface area contributed by atoms with Crippen LogP contribution in [0.5, 0.6) is 0 Å². The van der Waals surface area contributed by atoms with Crippen molar-refractivity contribution in [1.29, 1.82) is 0 Å². The van der Waals surface area contributed by atoms with Gasteiger partial charge in [-0.3, -0.25) is 13.7 Å². The van der Waals surface area contributed by atoms with Gasteiger partial charge in [0.15, 0.2) is 15.5 Å². The summed E-state index contributed by atoms with van der Waals surface area (Å²) in [5, 5.41) is 8.35. The first kappa shape index (κ1) is 80.3. The van der Waals surface area contributed by atoms with Gasteiger partial charge in [-0.15, -0.1) is 0 Å². The first-order valence-electron chi connectivity index (χ1n) is 35.5. The molecule has 6 heterocycles. The minimum atomic E-state index is -3.14. The lowest BCUT2D eigenvalue weighted by atomic mass is 9.81. The van der Waals surface area contributed by atoms with Gasteiger partial charge in [-0.2, -0.15) is 0 Å². The number of hydrogen-bond donors (Lipinski definition) is 1. The SMILES string of the molecule is Cc1cc(C(C)(C)c2cnc(SCC3CCN(C(=O)OC(C)(C)C)CC3)n2-c2ccc(F)cc2)ccc1Cl.Cc1cc(C(C)(C)c2cnc(SCC3CCN(S(C)(=O)=O)CC3)n2-c2ccc(F)cc2)ccc1Cl.Cc1cc(C(C)(C)c2cnc(SCC3CCNCC3)n2-c2ccc(F)cc2)ccc1Cl. The number of likely N-dealkylation sites (tertiary alicyclic amines) is 1. The molecule has 13 nitrogen and oxygen atoms in total. The molecule has 3 aromatic heterocycles. The molecule has 0 spiro atoms. The number of aromatic nitrogens is 6. The molecule has 6 aromatic carbocycles. The van der Waals surface area contributed by atoms with Crippen LogP contribution in [0, 0.1) is 56.0 Å². The summed E-state index contributed by atoms with van der Waals surface area (Å²) in [6, 6.07) is 38.1. The summed E-state index contributed by atoms with van der Waals surface area (Å²) in [6.45, 7) is 29.5. The molecule has 0 aliphatic carbocycles. The second-order valence-electron chi connectivity index (χ2n) is 30.1. The second kappa shape index (κ2) is 34.4. The van der Waals surface area contributed by atoms with Gasteiger partial charge in [-0.1, -0.05) is 148 Å². The van der Waals surface area contributed by atoms with Crippen molar-refractivity contribution in [3.63, 3.8) is 0 Å². The Labute approximate surface area is 641 Å². The van der Waals surface area contributed by atoms with Gasteiger partial charge < -0.3 is 15.0 Å². The van der Waals surface area contributed by atoms with Gasteiger partial charge in [0, 0.05) is 91.8 Å². The smallest absolute Gasteiger partial charge is 0.410 e. The van der Waals surface area contributed by atoms with E-state index in [2.05, 4.69) is 90.9 Å². The van der Waals surface area contributed by atoms with E-state index in [1.807, 2.05) is 96.5 Å². The number of carbonyl (C=O) groups is 1. The molecule has 3 aliphatic rings. The van der Waals surface area contributed by atoms with Crippen molar-refractivity contribution in [2.24, 2.45) is 17.8 Å². The van der Waals surface area contributed by atoms with Crippen LogP contribution in [-0.4, -0.2) is 121 Å². The first-order chi connectivity index (χ1) is 49.2. The average Bonchev–Trinajstić information content (AvgIpc) is 1.58. The van der Waals surface area contributed by atoms with Gasteiger partial charge in [0.2, 0.25) is 10.0 Å². The summed E-state index contributed by atoms with van der Waals surface area (Å²) in [5.74, 6) is 3.56. The zero-order chi connectivity index (χ0) is 75.1. The maximum atomic E-state index is 13.8. The maximum Gasteiger partial charge on any atom is 0.410 e. The van der Waals surface area contributed by atoms with Gasteiger partial charge >= 0.3 is 6.09 Å². The number of aryl methyl sites for hydroxylation is 3. The molecular weight excluding hydrogens is 1450 g/mol. The molecule has 556 valence electrons. The third-order valence-electron chi connectivity index (χ3n) is 20.1. The number of carbonyl (C=O) groups excluding carboxylic acids is 1. The molecule has 9 aromatic rings. The Morgan fingerprint density at radius 2 is 0.779 bits per heavy atom. The lowest BCUT2D eigenvalue weighted by Crippen LogP contribution is -2.42. The van der Waals surface area contributed by atoms with E-state index in [-0.39, 0.29) is 39.8 Å². The van der Waals surface area contributed by atoms with E-state index in [4.69, 9.17) is 54.5 Å². The van der Waals surface area contributed by atoms with E-state index in [0.717, 1.165) is 149 Å². The zero-order valence-electron chi connectivity index (χ0n) is 61.8. The maximum absolute atomic E-state index is 13.8. The Kier molecular flexibility index (Phi) is 26.5. The van der Waals surface area contributed by atoms with Crippen LogP contribution < -0.4 is 5.32 Å². The number of nitrogens with zero attached hydrogens (tertiary/aromatic N) is 8. The third kappa shape index (κ3) is 19.9. The predicted octanol–water partition coefficient (Wildman–Crippen LogP) is 20.5. The highest BCUT2D eigenvalue weighted by atomic mass is 35.5. The molecule has 0 saturated carbocycles. The molecular formula is C81H97Cl3F3N9O4S4. The van der Waals surface area contributed by atoms with E-state index >= 15 is 0 Å². The van der Waals surface area contributed by atoms with Crippen LogP contribution in [0.4, 0.5) is 18.0 Å². The number of ether oxygens (including phenoxy) is 1. The Bertz CT molecular complexity index is 4520. The van der Waals surface area contributed by atoms with Gasteiger partial charge in [-0.25, -0.2) is 45.6 Å². The fourth-order valence-electron chi connectivity index (χ4n) is 13.3. The second-order valence-corrected chi connectivity index (χ2v) is 36.3. The number of sulfonamides is 1. The highest BCUT2D eigenvalue weighted by Crippen LogP contribution is 2.42. The molecule has 0 atom stereocenters. The standard InChI is InChI=1S/C30H37ClFN3O2S.C26H31ClFN3O2S2.C25H29ClFN3S/c1-20-17-22(7-12-25(20)31)30(5,6)26-18-33-27(35(26)24-10-8-23(32)9-11-24)38-19-21-13-15-34(16-14-21)28(36)37-29(2,3)4;1-18-15-20(5-10-23(18)27)26(2,3)24-16-29-25(31(24)22-8-6-21(28)7-9-22)34-17-19-11-13-30(14-12-19)35(4,32)33;1-17-14-19(4-9-22(17)26)25(2,3)23-15-29-24(31-16-18-10-12-28-13-11-18)30(23)21-7-5-20(27)6-8-21/h7-12,17-18,21H,13-16,19H2,1-6H3;5-10,15-16,19H,11-14,17H2,1-4H3;4-9,14-15,18,28H,10-13,16H2,1-3H3. The molecule has 3 aliphatic heterocycles. The molecule has 0 radical (unpaired) electrons. The number of piperidine rings is 3. The summed E-state index contributed by atoms with van der Waals surface area (Å²) in [6.07, 6.45) is 12.8. The lowest BCUT2D eigenvalue weighted by Gasteiger charge is -2.33. The number of nitrogens with one attached hydrogen (secondary N) is 1.